The van der Waals surface area contributed by atoms with E-state index in [0.717, 1.165) is 18.1 Å². The predicted molar refractivity (Wildman–Crippen MR) is 74.5 cm³/mol. The summed E-state index contributed by atoms with van der Waals surface area (Å²) in [5, 5.41) is 7.21. The topological polar surface area (TPSA) is 34.4 Å². The van der Waals surface area contributed by atoms with Crippen molar-refractivity contribution in [3.8, 4) is 0 Å². The minimum atomic E-state index is 0.512. The number of nitrogens with one attached hydrogen (secondary N) is 1. The van der Waals surface area contributed by atoms with Gasteiger partial charge in [0.05, 0.1) is 13.2 Å². The third kappa shape index (κ3) is 4.14. The zero-order valence-electron chi connectivity index (χ0n) is 10.4. The van der Waals surface area contributed by atoms with Crippen LogP contribution in [0.5, 0.6) is 0 Å². The Kier molecular flexibility index (Phi) is 5.20. The zero-order valence-corrected chi connectivity index (χ0v) is 11.2. The number of furan rings is 1. The Balaban J connectivity index is 1.68. The summed E-state index contributed by atoms with van der Waals surface area (Å²) in [5.74, 6) is 1.80. The molecule has 3 nitrogen and oxygen atoms in total. The van der Waals surface area contributed by atoms with E-state index >= 15 is 0 Å². The Labute approximate surface area is 111 Å². The summed E-state index contributed by atoms with van der Waals surface area (Å²) in [6, 6.07) is 6.00. The van der Waals surface area contributed by atoms with E-state index < -0.39 is 0 Å². The summed E-state index contributed by atoms with van der Waals surface area (Å²) >= 11 is 1.69. The van der Waals surface area contributed by atoms with Crippen molar-refractivity contribution < 1.29 is 9.15 Å². The van der Waals surface area contributed by atoms with E-state index in [-0.39, 0.29) is 0 Å². The number of hydrogen-bond acceptors (Lipinski definition) is 4. The van der Waals surface area contributed by atoms with Crippen molar-refractivity contribution in [1.29, 1.82) is 0 Å². The van der Waals surface area contributed by atoms with Crippen LogP contribution in [0.2, 0.25) is 0 Å². The minimum absolute atomic E-state index is 0.512. The van der Waals surface area contributed by atoms with Crippen molar-refractivity contribution in [2.24, 2.45) is 0 Å². The Hall–Kier alpha value is -1.36. The lowest BCUT2D eigenvalue weighted by molar-refractivity contribution is 0.130. The average Bonchev–Trinajstić information content (AvgIpc) is 3.01. The van der Waals surface area contributed by atoms with E-state index in [2.05, 4.69) is 28.2 Å². The fourth-order valence-electron chi connectivity index (χ4n) is 1.55. The van der Waals surface area contributed by atoms with E-state index in [9.17, 15) is 0 Å². The molecular formula is C14H17NO2S. The van der Waals surface area contributed by atoms with Gasteiger partial charge in [-0.05, 0) is 41.6 Å². The van der Waals surface area contributed by atoms with E-state index in [4.69, 9.17) is 9.15 Å². The summed E-state index contributed by atoms with van der Waals surface area (Å²) in [6.07, 6.45) is 4.07. The number of rotatable bonds is 7. The zero-order chi connectivity index (χ0) is 12.6. The quantitative estimate of drug-likeness (QED) is 0.778. The summed E-state index contributed by atoms with van der Waals surface area (Å²) in [7, 11) is 1.90. The molecule has 0 saturated carbocycles. The molecule has 96 valence electrons. The van der Waals surface area contributed by atoms with Gasteiger partial charge in [-0.3, -0.25) is 0 Å². The molecule has 0 atom stereocenters. The monoisotopic (exact) mass is 263 g/mol. The average molecular weight is 263 g/mol. The van der Waals surface area contributed by atoms with E-state index in [1.807, 2.05) is 25.3 Å². The van der Waals surface area contributed by atoms with Crippen molar-refractivity contribution >= 4 is 17.4 Å². The maximum absolute atomic E-state index is 5.57. The second kappa shape index (κ2) is 7.16. The van der Waals surface area contributed by atoms with Gasteiger partial charge in [-0.15, -0.1) is 0 Å². The molecular weight excluding hydrogens is 246 g/mol. The van der Waals surface area contributed by atoms with E-state index in [0.29, 0.717) is 13.2 Å². The summed E-state index contributed by atoms with van der Waals surface area (Å²) in [5.41, 5.74) is 1.22. The van der Waals surface area contributed by atoms with Crippen LogP contribution in [0, 0.1) is 0 Å². The second-order valence-electron chi connectivity index (χ2n) is 3.87. The number of thiophene rings is 1. The Morgan fingerprint density at radius 3 is 3.00 bits per heavy atom. The Bertz CT molecular complexity index is 474. The lowest BCUT2D eigenvalue weighted by Crippen LogP contribution is -2.03. The standard InChI is InChI=1S/C14H17NO2S/c1-15-9-13-4-5-14(17-13)10-16-7-2-3-12-6-8-18-11-12/h2-6,8,11,15H,7,9-10H2,1H3/b3-2+. The molecule has 0 aliphatic carbocycles. The molecule has 0 aliphatic rings. The largest absolute Gasteiger partial charge is 0.462 e. The molecule has 18 heavy (non-hydrogen) atoms. The third-order valence-electron chi connectivity index (χ3n) is 2.38. The molecule has 0 aromatic carbocycles. The SMILES string of the molecule is CNCc1ccc(COC/C=C/c2ccsc2)o1. The first-order valence-electron chi connectivity index (χ1n) is 5.87. The van der Waals surface area contributed by atoms with Crippen LogP contribution in [0.3, 0.4) is 0 Å². The highest BCUT2D eigenvalue weighted by molar-refractivity contribution is 7.08. The molecule has 1 N–H and O–H groups in total. The van der Waals surface area contributed by atoms with Crippen LogP contribution in [0.1, 0.15) is 17.1 Å². The maximum atomic E-state index is 5.57. The molecule has 0 unspecified atom stereocenters. The summed E-state index contributed by atoms with van der Waals surface area (Å²) in [4.78, 5) is 0. The van der Waals surface area contributed by atoms with Crippen LogP contribution < -0.4 is 5.32 Å². The van der Waals surface area contributed by atoms with Gasteiger partial charge in [-0.1, -0.05) is 12.2 Å². The predicted octanol–water partition coefficient (Wildman–Crippen LogP) is 3.29. The molecule has 4 heteroatoms. The second-order valence-corrected chi connectivity index (χ2v) is 4.65. The van der Waals surface area contributed by atoms with Gasteiger partial charge in [0.1, 0.15) is 18.1 Å². The van der Waals surface area contributed by atoms with Crippen LogP contribution in [0.25, 0.3) is 6.08 Å². The number of ether oxygens (including phenoxy) is 1. The summed E-state index contributed by atoms with van der Waals surface area (Å²) < 4.78 is 11.1. The van der Waals surface area contributed by atoms with Gasteiger partial charge >= 0.3 is 0 Å². The number of hydrogen-bond donors (Lipinski definition) is 1. The van der Waals surface area contributed by atoms with Crippen LogP contribution >= 0.6 is 11.3 Å². The smallest absolute Gasteiger partial charge is 0.129 e. The lowest BCUT2D eigenvalue weighted by Gasteiger charge is -1.98. The van der Waals surface area contributed by atoms with Crippen LogP contribution in [0.4, 0.5) is 0 Å². The molecule has 0 fully saturated rings. The van der Waals surface area contributed by atoms with Gasteiger partial charge in [0.25, 0.3) is 0 Å². The van der Waals surface area contributed by atoms with Crippen LogP contribution in [-0.4, -0.2) is 13.7 Å². The van der Waals surface area contributed by atoms with Gasteiger partial charge in [0.2, 0.25) is 0 Å². The van der Waals surface area contributed by atoms with Gasteiger partial charge < -0.3 is 14.5 Å². The fourth-order valence-corrected chi connectivity index (χ4v) is 2.18. The van der Waals surface area contributed by atoms with E-state index in [1.54, 1.807) is 11.3 Å². The summed E-state index contributed by atoms with van der Waals surface area (Å²) in [6.45, 7) is 1.85. The molecule has 0 amide bonds. The molecule has 0 bridgehead atoms. The minimum Gasteiger partial charge on any atom is -0.462 e. The molecule has 0 spiro atoms. The van der Waals surface area contributed by atoms with Gasteiger partial charge in [0, 0.05) is 0 Å². The van der Waals surface area contributed by atoms with Gasteiger partial charge in [0.15, 0.2) is 0 Å². The van der Waals surface area contributed by atoms with Gasteiger partial charge in [-0.25, -0.2) is 0 Å². The van der Waals surface area contributed by atoms with Crippen molar-refractivity contribution in [3.05, 3.63) is 52.1 Å². The first-order valence-corrected chi connectivity index (χ1v) is 6.81. The molecule has 0 aliphatic heterocycles. The highest BCUT2D eigenvalue weighted by atomic mass is 32.1. The third-order valence-corrected chi connectivity index (χ3v) is 3.08. The highest BCUT2D eigenvalue weighted by Crippen LogP contribution is 2.10. The normalized spacial score (nSPS) is 11.4. The Morgan fingerprint density at radius 2 is 2.22 bits per heavy atom. The van der Waals surface area contributed by atoms with Gasteiger partial charge in [-0.2, -0.15) is 11.3 Å². The van der Waals surface area contributed by atoms with Crippen molar-refractivity contribution in [1.82, 2.24) is 5.32 Å². The molecule has 2 heterocycles. The molecule has 2 aromatic heterocycles. The molecule has 0 radical (unpaired) electrons. The van der Waals surface area contributed by atoms with Crippen LogP contribution in [0.15, 0.2) is 39.5 Å². The molecule has 0 saturated heterocycles. The van der Waals surface area contributed by atoms with E-state index in [1.165, 1.54) is 5.56 Å². The first kappa shape index (κ1) is 13.1. The van der Waals surface area contributed by atoms with Crippen LogP contribution in [-0.2, 0) is 17.9 Å². The highest BCUT2D eigenvalue weighted by Gasteiger charge is 2.00. The Morgan fingerprint density at radius 1 is 1.33 bits per heavy atom. The fraction of sp³-hybridized carbons (Fsp3) is 0.286. The van der Waals surface area contributed by atoms with Crippen molar-refractivity contribution in [2.75, 3.05) is 13.7 Å². The van der Waals surface area contributed by atoms with Crippen molar-refractivity contribution in [3.63, 3.8) is 0 Å². The van der Waals surface area contributed by atoms with Crippen molar-refractivity contribution in [2.45, 2.75) is 13.2 Å². The molecule has 2 aromatic rings. The molecule has 2 rings (SSSR count). The first-order chi connectivity index (χ1) is 8.88. The lowest BCUT2D eigenvalue weighted by atomic mass is 10.3. The maximum Gasteiger partial charge on any atom is 0.129 e.